The Labute approximate surface area is 123 Å². The van der Waals surface area contributed by atoms with Crippen LogP contribution in [0.2, 0.25) is 0 Å². The van der Waals surface area contributed by atoms with Crippen LogP contribution in [0.4, 0.5) is 0 Å². The van der Waals surface area contributed by atoms with Crippen LogP contribution in [0.25, 0.3) is 0 Å². The number of nitrogens with zero attached hydrogens (tertiary/aromatic N) is 2. The number of amides is 2. The highest BCUT2D eigenvalue weighted by molar-refractivity contribution is 7.11. The molecule has 0 saturated carbocycles. The molecule has 2 heterocycles. The van der Waals surface area contributed by atoms with E-state index in [-0.39, 0.29) is 17.9 Å². The first-order valence-electron chi connectivity index (χ1n) is 6.98. The SMILES string of the molecule is Cc1nc(C(C)NC(=O)CCN2CCCC2=O)c(C)s1. The highest BCUT2D eigenvalue weighted by Crippen LogP contribution is 2.22. The average molecular weight is 295 g/mol. The van der Waals surface area contributed by atoms with Gasteiger partial charge in [0.15, 0.2) is 0 Å². The summed E-state index contributed by atoms with van der Waals surface area (Å²) in [5.41, 5.74) is 0.943. The van der Waals surface area contributed by atoms with Gasteiger partial charge in [0.2, 0.25) is 11.8 Å². The second-order valence-electron chi connectivity index (χ2n) is 5.20. The third kappa shape index (κ3) is 3.56. The predicted molar refractivity (Wildman–Crippen MR) is 78.6 cm³/mol. The Bertz CT molecular complexity index is 513. The molecule has 0 spiro atoms. The van der Waals surface area contributed by atoms with Gasteiger partial charge in [0.05, 0.1) is 16.7 Å². The van der Waals surface area contributed by atoms with Crippen molar-refractivity contribution < 1.29 is 9.59 Å². The molecule has 1 atom stereocenters. The molecule has 2 amide bonds. The normalized spacial score (nSPS) is 16.6. The van der Waals surface area contributed by atoms with Crippen LogP contribution in [0.5, 0.6) is 0 Å². The Morgan fingerprint density at radius 2 is 2.25 bits per heavy atom. The van der Waals surface area contributed by atoms with Crippen LogP contribution in [0, 0.1) is 13.8 Å². The van der Waals surface area contributed by atoms with Crippen LogP contribution in [-0.2, 0) is 9.59 Å². The molecule has 0 aromatic carbocycles. The van der Waals surface area contributed by atoms with Crippen LogP contribution in [0.15, 0.2) is 0 Å². The molecular formula is C14H21N3O2S. The largest absolute Gasteiger partial charge is 0.348 e. The molecule has 1 saturated heterocycles. The van der Waals surface area contributed by atoms with Crippen molar-refractivity contribution >= 4 is 23.2 Å². The van der Waals surface area contributed by atoms with Crippen molar-refractivity contribution in [3.8, 4) is 0 Å². The van der Waals surface area contributed by atoms with Crippen molar-refractivity contribution in [3.63, 3.8) is 0 Å². The second-order valence-corrected chi connectivity index (χ2v) is 6.61. The first kappa shape index (κ1) is 15.0. The second kappa shape index (κ2) is 6.35. The van der Waals surface area contributed by atoms with Crippen molar-refractivity contribution in [2.75, 3.05) is 13.1 Å². The van der Waals surface area contributed by atoms with E-state index in [0.29, 0.717) is 19.4 Å². The summed E-state index contributed by atoms with van der Waals surface area (Å²) < 4.78 is 0. The van der Waals surface area contributed by atoms with E-state index in [1.54, 1.807) is 16.2 Å². The molecule has 1 aromatic heterocycles. The van der Waals surface area contributed by atoms with Gasteiger partial charge in [-0.05, 0) is 27.2 Å². The van der Waals surface area contributed by atoms with Crippen LogP contribution in [0.3, 0.4) is 0 Å². The van der Waals surface area contributed by atoms with Crippen molar-refractivity contribution in [1.82, 2.24) is 15.2 Å². The molecule has 0 aliphatic carbocycles. The molecule has 1 fully saturated rings. The Kier molecular flexibility index (Phi) is 4.75. The Morgan fingerprint density at radius 3 is 2.80 bits per heavy atom. The molecular weight excluding hydrogens is 274 g/mol. The summed E-state index contributed by atoms with van der Waals surface area (Å²) in [5, 5.41) is 3.97. The van der Waals surface area contributed by atoms with Crippen molar-refractivity contribution in [3.05, 3.63) is 15.6 Å². The third-order valence-electron chi connectivity index (χ3n) is 3.51. The zero-order valence-corrected chi connectivity index (χ0v) is 13.0. The lowest BCUT2D eigenvalue weighted by Gasteiger charge is -2.17. The van der Waals surface area contributed by atoms with E-state index >= 15 is 0 Å². The van der Waals surface area contributed by atoms with E-state index < -0.39 is 0 Å². The zero-order valence-electron chi connectivity index (χ0n) is 12.2. The van der Waals surface area contributed by atoms with Gasteiger partial charge in [0.1, 0.15) is 0 Å². The highest BCUT2D eigenvalue weighted by Gasteiger charge is 2.21. The minimum Gasteiger partial charge on any atom is -0.348 e. The smallest absolute Gasteiger partial charge is 0.222 e. The summed E-state index contributed by atoms with van der Waals surface area (Å²) in [6.07, 6.45) is 1.89. The summed E-state index contributed by atoms with van der Waals surface area (Å²) in [7, 11) is 0. The summed E-state index contributed by atoms with van der Waals surface area (Å²) in [6, 6.07) is -0.0817. The lowest BCUT2D eigenvalue weighted by Crippen LogP contribution is -2.33. The number of thiazole rings is 1. The molecule has 1 unspecified atom stereocenters. The quantitative estimate of drug-likeness (QED) is 0.903. The minimum absolute atomic E-state index is 0.0257. The van der Waals surface area contributed by atoms with Crippen molar-refractivity contribution in [2.24, 2.45) is 0 Å². The number of carbonyl (C=O) groups is 2. The van der Waals surface area contributed by atoms with Crippen LogP contribution < -0.4 is 5.32 Å². The van der Waals surface area contributed by atoms with Crippen LogP contribution in [0.1, 0.15) is 47.8 Å². The number of hydrogen-bond donors (Lipinski definition) is 1. The minimum atomic E-state index is -0.0817. The fourth-order valence-electron chi connectivity index (χ4n) is 2.51. The maximum absolute atomic E-state index is 11.9. The fraction of sp³-hybridized carbons (Fsp3) is 0.643. The maximum Gasteiger partial charge on any atom is 0.222 e. The van der Waals surface area contributed by atoms with Gasteiger partial charge in [0, 0.05) is 30.8 Å². The summed E-state index contributed by atoms with van der Waals surface area (Å²) in [6.45, 7) is 7.24. The number of aryl methyl sites for hydroxylation is 2. The van der Waals surface area contributed by atoms with E-state index in [4.69, 9.17) is 0 Å². The lowest BCUT2D eigenvalue weighted by molar-refractivity contribution is -0.128. The number of likely N-dealkylation sites (tertiary alicyclic amines) is 1. The first-order valence-corrected chi connectivity index (χ1v) is 7.80. The molecule has 20 heavy (non-hydrogen) atoms. The monoisotopic (exact) mass is 295 g/mol. The summed E-state index contributed by atoms with van der Waals surface area (Å²) in [4.78, 5) is 30.8. The number of nitrogens with one attached hydrogen (secondary N) is 1. The zero-order chi connectivity index (χ0) is 14.7. The van der Waals surface area contributed by atoms with E-state index in [2.05, 4.69) is 10.3 Å². The van der Waals surface area contributed by atoms with Crippen molar-refractivity contribution in [2.45, 2.75) is 46.1 Å². The maximum atomic E-state index is 11.9. The van der Waals surface area contributed by atoms with Gasteiger partial charge in [0.25, 0.3) is 0 Å². The molecule has 0 bridgehead atoms. The molecule has 1 aliphatic rings. The molecule has 110 valence electrons. The molecule has 5 nitrogen and oxygen atoms in total. The van der Waals surface area contributed by atoms with Gasteiger partial charge >= 0.3 is 0 Å². The van der Waals surface area contributed by atoms with Gasteiger partial charge in [-0.2, -0.15) is 0 Å². The Morgan fingerprint density at radius 1 is 1.50 bits per heavy atom. The van der Waals surface area contributed by atoms with E-state index in [1.807, 2.05) is 20.8 Å². The molecule has 2 rings (SSSR count). The topological polar surface area (TPSA) is 62.3 Å². The average Bonchev–Trinajstić information content (AvgIpc) is 2.92. The standard InChI is InChI=1S/C14H21N3O2S/c1-9(14-10(2)20-11(3)16-14)15-12(18)6-8-17-7-4-5-13(17)19/h9H,4-8H2,1-3H3,(H,15,18). The summed E-state index contributed by atoms with van der Waals surface area (Å²) in [5.74, 6) is 0.138. The Balaban J connectivity index is 1.82. The fourth-order valence-corrected chi connectivity index (χ4v) is 3.42. The van der Waals surface area contributed by atoms with Gasteiger partial charge in [-0.15, -0.1) is 11.3 Å². The number of rotatable bonds is 5. The van der Waals surface area contributed by atoms with Gasteiger partial charge in [-0.1, -0.05) is 0 Å². The van der Waals surface area contributed by atoms with Crippen molar-refractivity contribution in [1.29, 1.82) is 0 Å². The van der Waals surface area contributed by atoms with E-state index in [9.17, 15) is 9.59 Å². The highest BCUT2D eigenvalue weighted by atomic mass is 32.1. The predicted octanol–water partition coefficient (Wildman–Crippen LogP) is 1.95. The molecule has 1 N–H and O–H groups in total. The third-order valence-corrected chi connectivity index (χ3v) is 4.41. The van der Waals surface area contributed by atoms with Crippen LogP contribution in [-0.4, -0.2) is 34.8 Å². The molecule has 1 aromatic rings. The summed E-state index contributed by atoms with van der Waals surface area (Å²) >= 11 is 1.64. The molecule has 1 aliphatic heterocycles. The Hall–Kier alpha value is -1.43. The first-order chi connectivity index (χ1) is 9.47. The number of carbonyl (C=O) groups excluding carboxylic acids is 2. The van der Waals surface area contributed by atoms with Gasteiger partial charge in [-0.25, -0.2) is 4.98 Å². The van der Waals surface area contributed by atoms with E-state index in [1.165, 1.54) is 0 Å². The lowest BCUT2D eigenvalue weighted by atomic mass is 10.2. The molecule has 6 heteroatoms. The van der Waals surface area contributed by atoms with Gasteiger partial charge < -0.3 is 10.2 Å². The number of aromatic nitrogens is 1. The van der Waals surface area contributed by atoms with Gasteiger partial charge in [-0.3, -0.25) is 9.59 Å². The number of hydrogen-bond acceptors (Lipinski definition) is 4. The molecule has 0 radical (unpaired) electrons. The van der Waals surface area contributed by atoms with E-state index in [0.717, 1.165) is 28.5 Å². The van der Waals surface area contributed by atoms with Crippen LogP contribution >= 0.6 is 11.3 Å².